The van der Waals surface area contributed by atoms with Gasteiger partial charge < -0.3 is 9.73 Å². The molecule has 0 bridgehead atoms. The number of halogens is 1. The molecule has 1 aromatic heterocycles. The molecule has 2 N–H and O–H groups in total. The highest BCUT2D eigenvalue weighted by Crippen LogP contribution is 2.03. The average Bonchev–Trinajstić information content (AvgIpc) is 2.98. The largest absolute Gasteiger partial charge is 0.468 e. The van der Waals surface area contributed by atoms with Gasteiger partial charge in [-0.2, -0.15) is 0 Å². The standard InChI is InChI=1S/C14H15FN2O4S/c15-12-4-1-3-11(9-12)14(18)16-6-8-22(19,20)17-10-13-5-2-7-21-13/h1-5,7,9,17H,6,8,10H2,(H,16,18). The Kier molecular flexibility index (Phi) is 5.29. The Labute approximate surface area is 127 Å². The van der Waals surface area contributed by atoms with Gasteiger partial charge in [-0.1, -0.05) is 6.07 Å². The first-order chi connectivity index (χ1) is 10.5. The molecule has 0 atom stereocenters. The fourth-order valence-electron chi connectivity index (χ4n) is 1.70. The van der Waals surface area contributed by atoms with E-state index in [1.165, 1.54) is 24.5 Å². The number of hydrogen-bond donors (Lipinski definition) is 2. The van der Waals surface area contributed by atoms with Gasteiger partial charge in [-0.15, -0.1) is 0 Å². The van der Waals surface area contributed by atoms with Gasteiger partial charge in [-0.05, 0) is 30.3 Å². The highest BCUT2D eigenvalue weighted by Gasteiger charge is 2.12. The normalized spacial score (nSPS) is 11.3. The van der Waals surface area contributed by atoms with Gasteiger partial charge in [0.2, 0.25) is 10.0 Å². The van der Waals surface area contributed by atoms with E-state index in [1.54, 1.807) is 12.1 Å². The van der Waals surface area contributed by atoms with Crippen molar-refractivity contribution >= 4 is 15.9 Å². The average molecular weight is 326 g/mol. The van der Waals surface area contributed by atoms with Gasteiger partial charge in [0.05, 0.1) is 18.6 Å². The minimum absolute atomic E-state index is 0.0488. The Morgan fingerprint density at radius 3 is 2.73 bits per heavy atom. The molecule has 1 heterocycles. The molecule has 0 fully saturated rings. The van der Waals surface area contributed by atoms with Crippen LogP contribution in [0.3, 0.4) is 0 Å². The van der Waals surface area contributed by atoms with E-state index in [4.69, 9.17) is 4.42 Å². The van der Waals surface area contributed by atoms with Gasteiger partial charge in [0.25, 0.3) is 5.91 Å². The molecule has 0 saturated carbocycles. The van der Waals surface area contributed by atoms with Crippen LogP contribution in [0.4, 0.5) is 4.39 Å². The van der Waals surface area contributed by atoms with Crippen molar-refractivity contribution in [3.05, 3.63) is 59.8 Å². The number of carbonyl (C=O) groups is 1. The van der Waals surface area contributed by atoms with Gasteiger partial charge in [-0.3, -0.25) is 4.79 Å². The molecule has 2 rings (SSSR count). The number of nitrogens with one attached hydrogen (secondary N) is 2. The molecule has 0 radical (unpaired) electrons. The predicted octanol–water partition coefficient (Wildman–Crippen LogP) is 1.27. The first kappa shape index (κ1) is 16.2. The van der Waals surface area contributed by atoms with E-state index in [-0.39, 0.29) is 24.4 Å². The lowest BCUT2D eigenvalue weighted by Gasteiger charge is -2.07. The molecule has 1 aromatic carbocycles. The van der Waals surface area contributed by atoms with Crippen molar-refractivity contribution in [2.45, 2.75) is 6.54 Å². The first-order valence-corrected chi connectivity index (χ1v) is 8.15. The summed E-state index contributed by atoms with van der Waals surface area (Å²) in [6.45, 7) is -0.0317. The van der Waals surface area contributed by atoms with Gasteiger partial charge in [0.1, 0.15) is 11.6 Å². The molecular weight excluding hydrogens is 311 g/mol. The van der Waals surface area contributed by atoms with Crippen LogP contribution in [0.15, 0.2) is 47.1 Å². The maximum absolute atomic E-state index is 13.0. The first-order valence-electron chi connectivity index (χ1n) is 6.50. The number of sulfonamides is 1. The lowest BCUT2D eigenvalue weighted by atomic mass is 10.2. The summed E-state index contributed by atoms with van der Waals surface area (Å²) in [5.41, 5.74) is 0.140. The zero-order valence-electron chi connectivity index (χ0n) is 11.6. The van der Waals surface area contributed by atoms with E-state index in [0.29, 0.717) is 5.76 Å². The SMILES string of the molecule is O=C(NCCS(=O)(=O)NCc1ccco1)c1cccc(F)c1. The molecular formula is C14H15FN2O4S. The summed E-state index contributed by atoms with van der Waals surface area (Å²) in [5.74, 6) is -0.845. The van der Waals surface area contributed by atoms with Crippen LogP contribution < -0.4 is 10.0 Å². The molecule has 1 amide bonds. The minimum Gasteiger partial charge on any atom is -0.468 e. The highest BCUT2D eigenvalue weighted by atomic mass is 32.2. The molecule has 0 aliphatic carbocycles. The van der Waals surface area contributed by atoms with Crippen LogP contribution in [0.1, 0.15) is 16.1 Å². The monoisotopic (exact) mass is 326 g/mol. The van der Waals surface area contributed by atoms with E-state index in [9.17, 15) is 17.6 Å². The van der Waals surface area contributed by atoms with Crippen LogP contribution in [-0.2, 0) is 16.6 Å². The third-order valence-corrected chi connectivity index (χ3v) is 4.12. The topological polar surface area (TPSA) is 88.4 Å². The summed E-state index contributed by atoms with van der Waals surface area (Å²) >= 11 is 0. The van der Waals surface area contributed by atoms with Crippen molar-refractivity contribution in [2.75, 3.05) is 12.3 Å². The number of amides is 1. The second kappa shape index (κ2) is 7.19. The number of furan rings is 1. The second-order valence-corrected chi connectivity index (χ2v) is 6.41. The van der Waals surface area contributed by atoms with E-state index in [0.717, 1.165) is 6.07 Å². The molecule has 2 aromatic rings. The number of rotatable bonds is 7. The van der Waals surface area contributed by atoms with E-state index < -0.39 is 21.7 Å². The summed E-state index contributed by atoms with van der Waals surface area (Å²) in [6.07, 6.45) is 1.45. The Morgan fingerprint density at radius 1 is 1.23 bits per heavy atom. The third kappa shape index (κ3) is 4.97. The Hall–Kier alpha value is -2.19. The van der Waals surface area contributed by atoms with E-state index >= 15 is 0 Å². The Morgan fingerprint density at radius 2 is 2.05 bits per heavy atom. The van der Waals surface area contributed by atoms with Gasteiger partial charge >= 0.3 is 0 Å². The molecule has 8 heteroatoms. The summed E-state index contributed by atoms with van der Waals surface area (Å²) in [5, 5.41) is 2.43. The highest BCUT2D eigenvalue weighted by molar-refractivity contribution is 7.89. The third-order valence-electron chi connectivity index (χ3n) is 2.79. The smallest absolute Gasteiger partial charge is 0.251 e. The van der Waals surface area contributed by atoms with Crippen LogP contribution in [-0.4, -0.2) is 26.6 Å². The quantitative estimate of drug-likeness (QED) is 0.802. The molecule has 0 aliphatic rings. The van der Waals surface area contributed by atoms with Gasteiger partial charge in [0.15, 0.2) is 0 Å². The Balaban J connectivity index is 1.78. The summed E-state index contributed by atoms with van der Waals surface area (Å²) < 4.78 is 43.8. The van der Waals surface area contributed by atoms with Gasteiger partial charge in [-0.25, -0.2) is 17.5 Å². The fourth-order valence-corrected chi connectivity index (χ4v) is 2.57. The van der Waals surface area contributed by atoms with Crippen molar-refractivity contribution < 1.29 is 22.0 Å². The molecule has 118 valence electrons. The molecule has 0 spiro atoms. The number of hydrogen-bond acceptors (Lipinski definition) is 4. The zero-order chi connectivity index (χ0) is 16.0. The van der Waals surface area contributed by atoms with E-state index in [2.05, 4.69) is 10.0 Å². The maximum Gasteiger partial charge on any atom is 0.251 e. The Bertz CT molecular complexity index is 729. The van der Waals surface area contributed by atoms with Crippen LogP contribution >= 0.6 is 0 Å². The number of benzene rings is 1. The fraction of sp³-hybridized carbons (Fsp3) is 0.214. The zero-order valence-corrected chi connectivity index (χ0v) is 12.4. The lowest BCUT2D eigenvalue weighted by Crippen LogP contribution is -2.34. The van der Waals surface area contributed by atoms with Crippen molar-refractivity contribution in [1.82, 2.24) is 10.0 Å². The van der Waals surface area contributed by atoms with Gasteiger partial charge in [0, 0.05) is 12.1 Å². The maximum atomic E-state index is 13.0. The summed E-state index contributed by atoms with van der Waals surface area (Å²) in [4.78, 5) is 11.7. The second-order valence-electron chi connectivity index (χ2n) is 4.49. The van der Waals surface area contributed by atoms with Crippen LogP contribution in [0.25, 0.3) is 0 Å². The van der Waals surface area contributed by atoms with Crippen molar-refractivity contribution in [3.8, 4) is 0 Å². The molecule has 6 nitrogen and oxygen atoms in total. The van der Waals surface area contributed by atoms with Crippen molar-refractivity contribution in [1.29, 1.82) is 0 Å². The van der Waals surface area contributed by atoms with Crippen LogP contribution in [0.2, 0.25) is 0 Å². The summed E-state index contributed by atoms with van der Waals surface area (Å²) in [6, 6.07) is 8.46. The van der Waals surface area contributed by atoms with Crippen LogP contribution in [0.5, 0.6) is 0 Å². The number of carbonyl (C=O) groups excluding carboxylic acids is 1. The van der Waals surface area contributed by atoms with Crippen LogP contribution in [0, 0.1) is 5.82 Å². The summed E-state index contributed by atoms with van der Waals surface area (Å²) in [7, 11) is -3.54. The van der Waals surface area contributed by atoms with Crippen molar-refractivity contribution in [2.24, 2.45) is 0 Å². The molecule has 0 unspecified atom stereocenters. The minimum atomic E-state index is -3.54. The molecule has 0 saturated heterocycles. The van der Waals surface area contributed by atoms with E-state index in [1.807, 2.05) is 0 Å². The predicted molar refractivity (Wildman–Crippen MR) is 78.1 cm³/mol. The lowest BCUT2D eigenvalue weighted by molar-refractivity contribution is 0.0955. The van der Waals surface area contributed by atoms with Crippen molar-refractivity contribution in [3.63, 3.8) is 0 Å². The molecule has 22 heavy (non-hydrogen) atoms. The molecule has 0 aliphatic heterocycles.